The van der Waals surface area contributed by atoms with Crippen LogP contribution in [-0.4, -0.2) is 10.6 Å². The van der Waals surface area contributed by atoms with Crippen LogP contribution in [0.4, 0.5) is 0 Å². The highest BCUT2D eigenvalue weighted by Gasteiger charge is 2.01. The third-order valence-electron chi connectivity index (χ3n) is 1.62. The van der Waals surface area contributed by atoms with Crippen molar-refractivity contribution in [2.75, 3.05) is 6.26 Å². The second-order valence-electron chi connectivity index (χ2n) is 2.58. The van der Waals surface area contributed by atoms with Gasteiger partial charge in [0, 0.05) is 16.6 Å². The SMILES string of the molecule is CSC(=S)NCc1ccc(Cl)cc1Cl. The first-order valence-electron chi connectivity index (χ1n) is 3.89. The summed E-state index contributed by atoms with van der Waals surface area (Å²) in [5.74, 6) is 0. The maximum Gasteiger partial charge on any atom is 0.133 e. The first-order chi connectivity index (χ1) is 6.63. The standard InChI is InChI=1S/C9H9Cl2NS2/c1-14-9(13)12-5-6-2-3-7(10)4-8(6)11/h2-4H,5H2,1H3,(H,12,13). The first-order valence-corrected chi connectivity index (χ1v) is 6.28. The van der Waals surface area contributed by atoms with E-state index in [1.54, 1.807) is 6.07 Å². The van der Waals surface area contributed by atoms with Gasteiger partial charge < -0.3 is 5.32 Å². The number of halogens is 2. The fraction of sp³-hybridized carbons (Fsp3) is 0.222. The largest absolute Gasteiger partial charge is 0.367 e. The smallest absolute Gasteiger partial charge is 0.133 e. The third kappa shape index (κ3) is 3.65. The van der Waals surface area contributed by atoms with Gasteiger partial charge in [-0.25, -0.2) is 0 Å². The minimum Gasteiger partial charge on any atom is -0.367 e. The molecule has 0 aromatic heterocycles. The summed E-state index contributed by atoms with van der Waals surface area (Å²) < 4.78 is 0.760. The molecule has 5 heteroatoms. The molecule has 0 aliphatic heterocycles. The predicted molar refractivity (Wildman–Crippen MR) is 69.4 cm³/mol. The lowest BCUT2D eigenvalue weighted by Gasteiger charge is -2.07. The summed E-state index contributed by atoms with van der Waals surface area (Å²) in [6, 6.07) is 5.43. The van der Waals surface area contributed by atoms with Crippen LogP contribution in [0.5, 0.6) is 0 Å². The van der Waals surface area contributed by atoms with Gasteiger partial charge in [0.2, 0.25) is 0 Å². The summed E-state index contributed by atoms with van der Waals surface area (Å²) in [7, 11) is 0. The van der Waals surface area contributed by atoms with Gasteiger partial charge in [-0.1, -0.05) is 41.5 Å². The molecule has 0 aliphatic rings. The van der Waals surface area contributed by atoms with Gasteiger partial charge in [0.15, 0.2) is 0 Å². The van der Waals surface area contributed by atoms with E-state index in [1.807, 2.05) is 18.4 Å². The van der Waals surface area contributed by atoms with Crippen LogP contribution in [-0.2, 0) is 6.54 Å². The van der Waals surface area contributed by atoms with Gasteiger partial charge in [-0.15, -0.1) is 11.8 Å². The van der Waals surface area contributed by atoms with Crippen molar-refractivity contribution in [3.05, 3.63) is 33.8 Å². The average Bonchev–Trinajstić information content (AvgIpc) is 2.16. The Kier molecular flexibility index (Phi) is 5.02. The monoisotopic (exact) mass is 265 g/mol. The van der Waals surface area contributed by atoms with Crippen molar-refractivity contribution < 1.29 is 0 Å². The summed E-state index contributed by atoms with van der Waals surface area (Å²) in [6.45, 7) is 0.635. The Morgan fingerprint density at radius 1 is 1.50 bits per heavy atom. The van der Waals surface area contributed by atoms with E-state index in [0.717, 1.165) is 9.88 Å². The van der Waals surface area contributed by atoms with Crippen LogP contribution in [0.1, 0.15) is 5.56 Å². The normalized spacial score (nSPS) is 9.93. The second kappa shape index (κ2) is 5.81. The number of thioether (sulfide) groups is 1. The van der Waals surface area contributed by atoms with Crippen molar-refractivity contribution in [2.45, 2.75) is 6.54 Å². The van der Waals surface area contributed by atoms with E-state index in [4.69, 9.17) is 35.4 Å². The van der Waals surface area contributed by atoms with E-state index in [9.17, 15) is 0 Å². The van der Waals surface area contributed by atoms with Crippen molar-refractivity contribution >= 4 is 51.5 Å². The zero-order valence-electron chi connectivity index (χ0n) is 7.51. The predicted octanol–water partition coefficient (Wildman–Crippen LogP) is 3.73. The van der Waals surface area contributed by atoms with Crippen LogP contribution in [0.25, 0.3) is 0 Å². The van der Waals surface area contributed by atoms with Crippen molar-refractivity contribution in [3.63, 3.8) is 0 Å². The molecule has 0 saturated carbocycles. The zero-order chi connectivity index (χ0) is 10.6. The molecule has 76 valence electrons. The van der Waals surface area contributed by atoms with Crippen LogP contribution < -0.4 is 5.32 Å². The van der Waals surface area contributed by atoms with Crippen molar-refractivity contribution in [2.24, 2.45) is 0 Å². The Bertz CT molecular complexity index is 342. The summed E-state index contributed by atoms with van der Waals surface area (Å²) in [5.41, 5.74) is 0.993. The van der Waals surface area contributed by atoms with E-state index >= 15 is 0 Å². The second-order valence-corrected chi connectivity index (χ2v) is 4.91. The first kappa shape index (κ1) is 12.1. The van der Waals surface area contributed by atoms with Crippen LogP contribution in [0.15, 0.2) is 18.2 Å². The lowest BCUT2D eigenvalue weighted by atomic mass is 10.2. The van der Waals surface area contributed by atoms with Crippen LogP contribution >= 0.6 is 47.2 Å². The number of nitrogens with one attached hydrogen (secondary N) is 1. The van der Waals surface area contributed by atoms with E-state index in [-0.39, 0.29) is 0 Å². The number of benzene rings is 1. The van der Waals surface area contributed by atoms with Gasteiger partial charge >= 0.3 is 0 Å². The van der Waals surface area contributed by atoms with E-state index in [0.29, 0.717) is 16.6 Å². The topological polar surface area (TPSA) is 12.0 Å². The molecule has 0 aliphatic carbocycles. The Hall–Kier alpha value is 0.0400. The molecule has 0 heterocycles. The molecule has 1 aromatic rings. The molecule has 1 rings (SSSR count). The number of thiocarbonyl (C=S) groups is 1. The quantitative estimate of drug-likeness (QED) is 0.819. The average molecular weight is 266 g/mol. The zero-order valence-corrected chi connectivity index (χ0v) is 10.7. The Balaban J connectivity index is 2.63. The molecule has 0 saturated heterocycles. The third-order valence-corrected chi connectivity index (χ3v) is 3.37. The van der Waals surface area contributed by atoms with Gasteiger partial charge in [-0.3, -0.25) is 0 Å². The highest BCUT2D eigenvalue weighted by Crippen LogP contribution is 2.20. The molecular weight excluding hydrogens is 257 g/mol. The lowest BCUT2D eigenvalue weighted by molar-refractivity contribution is 0.940. The maximum absolute atomic E-state index is 5.98. The van der Waals surface area contributed by atoms with Gasteiger partial charge in [0.05, 0.1) is 0 Å². The van der Waals surface area contributed by atoms with Crippen molar-refractivity contribution in [3.8, 4) is 0 Å². The molecule has 0 fully saturated rings. The molecule has 14 heavy (non-hydrogen) atoms. The molecule has 1 N–H and O–H groups in total. The Labute approximate surface area is 103 Å². The summed E-state index contributed by atoms with van der Waals surface area (Å²) in [6.07, 6.45) is 1.93. The fourth-order valence-electron chi connectivity index (χ4n) is 0.905. The number of hydrogen-bond acceptors (Lipinski definition) is 2. The van der Waals surface area contributed by atoms with Crippen LogP contribution in [0.2, 0.25) is 10.0 Å². The minimum absolute atomic E-state index is 0.635. The van der Waals surface area contributed by atoms with Crippen molar-refractivity contribution in [1.29, 1.82) is 0 Å². The number of hydrogen-bond donors (Lipinski definition) is 1. The molecule has 0 radical (unpaired) electrons. The fourth-order valence-corrected chi connectivity index (χ4v) is 1.67. The van der Waals surface area contributed by atoms with Gasteiger partial charge in [-0.05, 0) is 24.0 Å². The molecule has 0 atom stereocenters. The van der Waals surface area contributed by atoms with Gasteiger partial charge in [0.25, 0.3) is 0 Å². The van der Waals surface area contributed by atoms with Gasteiger partial charge in [-0.2, -0.15) is 0 Å². The molecule has 0 amide bonds. The molecule has 0 bridgehead atoms. The number of rotatable bonds is 2. The van der Waals surface area contributed by atoms with Crippen molar-refractivity contribution in [1.82, 2.24) is 5.32 Å². The van der Waals surface area contributed by atoms with E-state index in [2.05, 4.69) is 5.32 Å². The highest BCUT2D eigenvalue weighted by atomic mass is 35.5. The molecular formula is C9H9Cl2NS2. The highest BCUT2D eigenvalue weighted by molar-refractivity contribution is 8.22. The summed E-state index contributed by atoms with van der Waals surface area (Å²) >= 11 is 18.3. The van der Waals surface area contributed by atoms with Crippen LogP contribution in [0.3, 0.4) is 0 Å². The van der Waals surface area contributed by atoms with Crippen LogP contribution in [0, 0.1) is 0 Å². The minimum atomic E-state index is 0.635. The maximum atomic E-state index is 5.98. The van der Waals surface area contributed by atoms with Gasteiger partial charge in [0.1, 0.15) is 4.32 Å². The van der Waals surface area contributed by atoms with E-state index < -0.39 is 0 Å². The molecule has 1 nitrogen and oxygen atoms in total. The summed E-state index contributed by atoms with van der Waals surface area (Å²) in [4.78, 5) is 0. The van der Waals surface area contributed by atoms with E-state index in [1.165, 1.54) is 11.8 Å². The summed E-state index contributed by atoms with van der Waals surface area (Å²) in [5, 5.41) is 4.38. The molecule has 0 unspecified atom stereocenters. The molecule has 1 aromatic carbocycles. The molecule has 0 spiro atoms. The lowest BCUT2D eigenvalue weighted by Crippen LogP contribution is -2.17. The Morgan fingerprint density at radius 2 is 2.21 bits per heavy atom. The Morgan fingerprint density at radius 3 is 2.79 bits per heavy atom.